The van der Waals surface area contributed by atoms with Gasteiger partial charge in [0.05, 0.1) is 17.5 Å². The van der Waals surface area contributed by atoms with Crippen LogP contribution in [0.4, 0.5) is 0 Å². The van der Waals surface area contributed by atoms with Crippen LogP contribution in [0.25, 0.3) is 0 Å². The molecule has 1 fully saturated rings. The molecule has 5 rings (SSSR count). The molecular weight excluding hydrogens is 540 g/mol. The van der Waals surface area contributed by atoms with Crippen molar-refractivity contribution in [1.29, 1.82) is 0 Å². The van der Waals surface area contributed by atoms with Crippen molar-refractivity contribution < 1.29 is 14.4 Å². The van der Waals surface area contributed by atoms with Crippen molar-refractivity contribution in [2.45, 2.75) is 18.0 Å². The van der Waals surface area contributed by atoms with Crippen LogP contribution >= 0.6 is 15.9 Å². The summed E-state index contributed by atoms with van der Waals surface area (Å²) in [6.07, 6.45) is 0. The Morgan fingerprint density at radius 2 is 1.24 bits per heavy atom. The van der Waals surface area contributed by atoms with Crippen molar-refractivity contribution in [2.24, 2.45) is 5.92 Å². The molecule has 4 unspecified atom stereocenters. The summed E-state index contributed by atoms with van der Waals surface area (Å²) >= 11 is 3.52. The van der Waals surface area contributed by atoms with Gasteiger partial charge in [0.25, 0.3) is 5.91 Å². The predicted octanol–water partition coefficient (Wildman–Crippen LogP) is 6.04. The van der Waals surface area contributed by atoms with E-state index in [4.69, 9.17) is 0 Å². The minimum Gasteiger partial charge on any atom is -0.357 e. The van der Waals surface area contributed by atoms with Gasteiger partial charge in [-0.2, -0.15) is 0 Å². The molecule has 4 atom stereocenters. The molecule has 1 aliphatic heterocycles. The number of hydrogen-bond donors (Lipinski definition) is 1. The van der Waals surface area contributed by atoms with E-state index in [1.807, 2.05) is 84.9 Å². The van der Waals surface area contributed by atoms with Crippen molar-refractivity contribution >= 4 is 33.5 Å². The maximum absolute atomic E-state index is 14.4. The van der Waals surface area contributed by atoms with Gasteiger partial charge in [-0.3, -0.25) is 14.4 Å². The van der Waals surface area contributed by atoms with Gasteiger partial charge in [0.1, 0.15) is 6.04 Å². The van der Waals surface area contributed by atoms with E-state index in [-0.39, 0.29) is 17.6 Å². The van der Waals surface area contributed by atoms with E-state index in [1.54, 1.807) is 42.3 Å². The topological polar surface area (TPSA) is 66.5 Å². The van der Waals surface area contributed by atoms with E-state index < -0.39 is 23.9 Å². The Hall–Kier alpha value is -4.03. The highest BCUT2D eigenvalue weighted by Gasteiger charge is 2.57. The normalized spacial score (nSPS) is 20.6. The van der Waals surface area contributed by atoms with Crippen LogP contribution in [0, 0.1) is 5.92 Å². The Kier molecular flexibility index (Phi) is 7.52. The minimum absolute atomic E-state index is 0.107. The first-order valence-electron chi connectivity index (χ1n) is 12.5. The van der Waals surface area contributed by atoms with Gasteiger partial charge in [-0.15, -0.1) is 0 Å². The third-order valence-corrected chi connectivity index (χ3v) is 7.90. The zero-order valence-electron chi connectivity index (χ0n) is 20.8. The average molecular weight is 567 g/mol. The van der Waals surface area contributed by atoms with E-state index in [1.165, 1.54) is 0 Å². The summed E-state index contributed by atoms with van der Waals surface area (Å²) < 4.78 is 0.626. The third-order valence-electron chi connectivity index (χ3n) is 7.21. The van der Waals surface area contributed by atoms with Gasteiger partial charge < -0.3 is 10.2 Å². The van der Waals surface area contributed by atoms with Crippen LogP contribution in [0.15, 0.2) is 120 Å². The first-order chi connectivity index (χ1) is 18.5. The standard InChI is InChI=1S/C32H27BrN2O3/c1-34-31(37)29-26(21-13-5-2-6-14-21)27(30(36)23-17-9-4-10-18-23)28(22-15-7-3-8-16-22)35(29)32(38)24-19-11-12-20-25(24)33/h2-20,26-29H,1H3,(H,34,37). The Morgan fingerprint density at radius 3 is 1.82 bits per heavy atom. The maximum atomic E-state index is 14.4. The molecule has 1 N–H and O–H groups in total. The number of likely N-dealkylation sites (N-methyl/N-ethyl adjacent to an activating group) is 1. The molecule has 1 aliphatic rings. The van der Waals surface area contributed by atoms with Gasteiger partial charge in [0.2, 0.25) is 5.91 Å². The summed E-state index contributed by atoms with van der Waals surface area (Å²) in [7, 11) is 1.56. The lowest BCUT2D eigenvalue weighted by Crippen LogP contribution is -2.47. The zero-order valence-corrected chi connectivity index (χ0v) is 22.4. The molecule has 0 radical (unpaired) electrons. The van der Waals surface area contributed by atoms with Gasteiger partial charge >= 0.3 is 0 Å². The number of nitrogens with one attached hydrogen (secondary N) is 1. The number of rotatable bonds is 6. The fraction of sp³-hybridized carbons (Fsp3) is 0.156. The summed E-state index contributed by atoms with van der Waals surface area (Å²) in [4.78, 5) is 44.0. The van der Waals surface area contributed by atoms with Gasteiger partial charge in [-0.05, 0) is 39.2 Å². The highest BCUT2D eigenvalue weighted by molar-refractivity contribution is 9.10. The molecule has 2 amide bonds. The molecule has 0 aliphatic carbocycles. The first-order valence-corrected chi connectivity index (χ1v) is 13.3. The number of hydrogen-bond acceptors (Lipinski definition) is 3. The smallest absolute Gasteiger partial charge is 0.256 e. The second-order valence-corrected chi connectivity index (χ2v) is 10.2. The second-order valence-electron chi connectivity index (χ2n) is 9.30. The molecule has 6 heteroatoms. The van der Waals surface area contributed by atoms with Gasteiger partial charge in [0, 0.05) is 23.0 Å². The Balaban J connectivity index is 1.79. The van der Waals surface area contributed by atoms with Crippen molar-refractivity contribution in [3.8, 4) is 0 Å². The number of nitrogens with zero attached hydrogens (tertiary/aromatic N) is 1. The van der Waals surface area contributed by atoms with Crippen molar-refractivity contribution in [2.75, 3.05) is 7.05 Å². The van der Waals surface area contributed by atoms with Crippen LogP contribution in [-0.4, -0.2) is 35.6 Å². The molecule has 0 bridgehead atoms. The monoisotopic (exact) mass is 566 g/mol. The SMILES string of the molecule is CNC(=O)C1C(c2ccccc2)C(C(=O)c2ccccc2)C(c2ccccc2)N1C(=O)c1ccccc1Br. The van der Waals surface area contributed by atoms with Crippen LogP contribution in [0.3, 0.4) is 0 Å². The number of likely N-dealkylation sites (tertiary alicyclic amines) is 1. The van der Waals surface area contributed by atoms with E-state index in [0.717, 1.165) is 11.1 Å². The Labute approximate surface area is 230 Å². The van der Waals surface area contributed by atoms with E-state index >= 15 is 0 Å². The second kappa shape index (κ2) is 11.2. The fourth-order valence-electron chi connectivity index (χ4n) is 5.56. The number of benzene rings is 4. The minimum atomic E-state index is -0.912. The molecule has 1 heterocycles. The van der Waals surface area contributed by atoms with Crippen LogP contribution in [-0.2, 0) is 4.79 Å². The number of amides is 2. The molecule has 0 spiro atoms. The average Bonchev–Trinajstić information content (AvgIpc) is 3.34. The molecule has 0 aromatic heterocycles. The number of ketones is 1. The summed E-state index contributed by atoms with van der Waals surface area (Å²) in [6, 6.07) is 33.8. The third kappa shape index (κ3) is 4.68. The van der Waals surface area contributed by atoms with E-state index in [0.29, 0.717) is 15.6 Å². The van der Waals surface area contributed by atoms with Gasteiger partial charge in [0.15, 0.2) is 5.78 Å². The summed E-state index contributed by atoms with van der Waals surface area (Å²) in [5.41, 5.74) is 2.61. The molecule has 38 heavy (non-hydrogen) atoms. The van der Waals surface area contributed by atoms with Crippen LogP contribution in [0.1, 0.15) is 43.8 Å². The van der Waals surface area contributed by atoms with Gasteiger partial charge in [-0.1, -0.05) is 103 Å². The number of carbonyl (C=O) groups excluding carboxylic acids is 3. The number of Topliss-reactive ketones (excluding diaryl/α,β-unsaturated/α-hetero) is 1. The number of carbonyl (C=O) groups is 3. The largest absolute Gasteiger partial charge is 0.357 e. The van der Waals surface area contributed by atoms with Crippen molar-refractivity contribution in [3.63, 3.8) is 0 Å². The molecule has 4 aromatic carbocycles. The van der Waals surface area contributed by atoms with Crippen LogP contribution < -0.4 is 5.32 Å². The van der Waals surface area contributed by atoms with E-state index in [2.05, 4.69) is 21.2 Å². The molecular formula is C32H27BrN2O3. The first kappa shape index (κ1) is 25.6. The molecule has 1 saturated heterocycles. The Bertz CT molecular complexity index is 1440. The fourth-order valence-corrected chi connectivity index (χ4v) is 6.01. The molecule has 190 valence electrons. The highest BCUT2D eigenvalue weighted by Crippen LogP contribution is 2.52. The summed E-state index contributed by atoms with van der Waals surface area (Å²) in [5, 5.41) is 2.77. The number of halogens is 1. The molecule has 5 nitrogen and oxygen atoms in total. The highest BCUT2D eigenvalue weighted by atomic mass is 79.9. The molecule has 0 saturated carbocycles. The lowest BCUT2D eigenvalue weighted by Gasteiger charge is -2.31. The van der Waals surface area contributed by atoms with E-state index in [9.17, 15) is 14.4 Å². The van der Waals surface area contributed by atoms with Crippen molar-refractivity contribution in [1.82, 2.24) is 10.2 Å². The lowest BCUT2D eigenvalue weighted by molar-refractivity contribution is -0.125. The van der Waals surface area contributed by atoms with Crippen molar-refractivity contribution in [3.05, 3.63) is 142 Å². The summed E-state index contributed by atoms with van der Waals surface area (Å²) in [5.74, 6) is -2.01. The van der Waals surface area contributed by atoms with Crippen LogP contribution in [0.2, 0.25) is 0 Å². The van der Waals surface area contributed by atoms with Gasteiger partial charge in [-0.25, -0.2) is 0 Å². The summed E-state index contributed by atoms with van der Waals surface area (Å²) in [6.45, 7) is 0. The van der Waals surface area contributed by atoms with Crippen LogP contribution in [0.5, 0.6) is 0 Å². The lowest BCUT2D eigenvalue weighted by atomic mass is 9.76. The maximum Gasteiger partial charge on any atom is 0.256 e. The molecule has 4 aromatic rings. The predicted molar refractivity (Wildman–Crippen MR) is 151 cm³/mol. The Morgan fingerprint density at radius 1 is 0.711 bits per heavy atom. The quantitative estimate of drug-likeness (QED) is 0.289. The zero-order chi connectivity index (χ0) is 26.6.